The van der Waals surface area contributed by atoms with Crippen LogP contribution in [0.5, 0.6) is 0 Å². The second-order valence-corrected chi connectivity index (χ2v) is 5.78. The highest BCUT2D eigenvalue weighted by atomic mass is 32.2. The Balaban J connectivity index is 2.21. The van der Waals surface area contributed by atoms with Crippen LogP contribution in [0.3, 0.4) is 0 Å². The van der Waals surface area contributed by atoms with E-state index in [4.69, 9.17) is 9.47 Å². The number of benzene rings is 1. The molecule has 0 N–H and O–H groups in total. The number of hydrogen-bond donors (Lipinski definition) is 0. The van der Waals surface area contributed by atoms with E-state index in [1.165, 1.54) is 18.2 Å². The zero-order chi connectivity index (χ0) is 12.5. The Morgan fingerprint density at radius 1 is 1.41 bits per heavy atom. The second kappa shape index (κ2) is 4.70. The average Bonchev–Trinajstić information content (AvgIpc) is 2.25. The second-order valence-electron chi connectivity index (χ2n) is 4.35. The lowest BCUT2D eigenvalue weighted by molar-refractivity contribution is -0.155. The number of rotatable bonds is 3. The standard InChI is InChI=1S/C13H16O3S/c1-9-4-5-11(10(2)6-9)17-13(7-16-8-13)12(14)15-3/h4-6H,7-8H2,1-3H3. The van der Waals surface area contributed by atoms with Gasteiger partial charge in [0.2, 0.25) is 0 Å². The number of ether oxygens (including phenoxy) is 2. The number of hydrogen-bond acceptors (Lipinski definition) is 4. The molecule has 1 aliphatic rings. The molecule has 1 aliphatic heterocycles. The molecule has 0 atom stereocenters. The van der Waals surface area contributed by atoms with Crippen molar-refractivity contribution in [2.75, 3.05) is 20.3 Å². The van der Waals surface area contributed by atoms with Crippen LogP contribution in [0.4, 0.5) is 0 Å². The van der Waals surface area contributed by atoms with E-state index < -0.39 is 4.75 Å². The Hall–Kier alpha value is -1.00. The van der Waals surface area contributed by atoms with Crippen molar-refractivity contribution in [3.05, 3.63) is 29.3 Å². The van der Waals surface area contributed by atoms with Crippen LogP contribution in [0.15, 0.2) is 23.1 Å². The van der Waals surface area contributed by atoms with Gasteiger partial charge in [0, 0.05) is 4.90 Å². The molecule has 0 radical (unpaired) electrons. The quantitative estimate of drug-likeness (QED) is 0.774. The van der Waals surface area contributed by atoms with Gasteiger partial charge >= 0.3 is 5.97 Å². The van der Waals surface area contributed by atoms with Crippen LogP contribution in [0, 0.1) is 13.8 Å². The number of esters is 1. The molecule has 0 aromatic heterocycles. The maximum absolute atomic E-state index is 11.8. The normalized spacial score (nSPS) is 17.4. The molecule has 1 saturated heterocycles. The molecule has 0 unspecified atom stereocenters. The Morgan fingerprint density at radius 3 is 2.59 bits per heavy atom. The fraction of sp³-hybridized carbons (Fsp3) is 0.462. The third kappa shape index (κ3) is 2.33. The molecule has 2 rings (SSSR count). The molecule has 1 fully saturated rings. The van der Waals surface area contributed by atoms with E-state index in [2.05, 4.69) is 32.0 Å². The van der Waals surface area contributed by atoms with E-state index in [9.17, 15) is 4.79 Å². The molecule has 3 nitrogen and oxygen atoms in total. The van der Waals surface area contributed by atoms with Gasteiger partial charge in [0.15, 0.2) is 4.75 Å². The lowest BCUT2D eigenvalue weighted by Crippen LogP contribution is -2.53. The van der Waals surface area contributed by atoms with Gasteiger partial charge in [-0.15, -0.1) is 11.8 Å². The molecule has 0 bridgehead atoms. The van der Waals surface area contributed by atoms with Gasteiger partial charge in [-0.25, -0.2) is 0 Å². The lowest BCUT2D eigenvalue weighted by Gasteiger charge is -2.37. The van der Waals surface area contributed by atoms with Crippen molar-refractivity contribution in [3.63, 3.8) is 0 Å². The van der Waals surface area contributed by atoms with E-state index >= 15 is 0 Å². The maximum Gasteiger partial charge on any atom is 0.327 e. The van der Waals surface area contributed by atoms with E-state index in [0.29, 0.717) is 13.2 Å². The topological polar surface area (TPSA) is 35.5 Å². The molecular weight excluding hydrogens is 236 g/mol. The Bertz CT molecular complexity index is 438. The van der Waals surface area contributed by atoms with Gasteiger partial charge in [-0.2, -0.15) is 0 Å². The van der Waals surface area contributed by atoms with Crippen molar-refractivity contribution >= 4 is 17.7 Å². The number of carbonyl (C=O) groups is 1. The minimum absolute atomic E-state index is 0.200. The first-order valence-corrected chi connectivity index (χ1v) is 6.31. The van der Waals surface area contributed by atoms with Crippen LogP contribution >= 0.6 is 11.8 Å². The molecule has 0 aliphatic carbocycles. The van der Waals surface area contributed by atoms with E-state index in [-0.39, 0.29) is 5.97 Å². The van der Waals surface area contributed by atoms with Gasteiger partial charge in [0.25, 0.3) is 0 Å². The Labute approximate surface area is 105 Å². The predicted octanol–water partition coefficient (Wildman–Crippen LogP) is 2.34. The first kappa shape index (κ1) is 12.5. The molecule has 0 saturated carbocycles. The van der Waals surface area contributed by atoms with E-state index in [1.807, 2.05) is 0 Å². The number of aryl methyl sites for hydroxylation is 2. The molecule has 1 aromatic rings. The summed E-state index contributed by atoms with van der Waals surface area (Å²) in [6.45, 7) is 4.97. The van der Waals surface area contributed by atoms with Gasteiger partial charge in [-0.3, -0.25) is 4.79 Å². The van der Waals surface area contributed by atoms with Gasteiger partial charge in [-0.1, -0.05) is 17.7 Å². The summed E-state index contributed by atoms with van der Waals surface area (Å²) in [6.07, 6.45) is 0. The van der Waals surface area contributed by atoms with Crippen molar-refractivity contribution in [2.45, 2.75) is 23.5 Å². The minimum atomic E-state index is -0.547. The highest BCUT2D eigenvalue weighted by Crippen LogP contribution is 2.41. The van der Waals surface area contributed by atoms with E-state index in [1.54, 1.807) is 11.8 Å². The summed E-state index contributed by atoms with van der Waals surface area (Å²) >= 11 is 1.55. The zero-order valence-corrected chi connectivity index (χ0v) is 11.1. The third-order valence-corrected chi connectivity index (χ3v) is 4.33. The highest BCUT2D eigenvalue weighted by Gasteiger charge is 2.48. The summed E-state index contributed by atoms with van der Waals surface area (Å²) < 4.78 is 9.48. The average molecular weight is 252 g/mol. The van der Waals surface area contributed by atoms with Crippen molar-refractivity contribution in [1.82, 2.24) is 0 Å². The summed E-state index contributed by atoms with van der Waals surface area (Å²) in [7, 11) is 1.42. The first-order chi connectivity index (χ1) is 8.07. The number of methoxy groups -OCH3 is 1. The molecule has 4 heteroatoms. The Morgan fingerprint density at radius 2 is 2.12 bits per heavy atom. The molecule has 1 heterocycles. The van der Waals surface area contributed by atoms with Gasteiger partial charge < -0.3 is 9.47 Å². The summed E-state index contributed by atoms with van der Waals surface area (Å²) in [5.41, 5.74) is 2.41. The summed E-state index contributed by atoms with van der Waals surface area (Å²) in [5.74, 6) is -0.200. The van der Waals surface area contributed by atoms with Crippen LogP contribution in [0.2, 0.25) is 0 Å². The maximum atomic E-state index is 11.8. The highest BCUT2D eigenvalue weighted by molar-refractivity contribution is 8.01. The van der Waals surface area contributed by atoms with Crippen LogP contribution < -0.4 is 0 Å². The van der Waals surface area contributed by atoms with Crippen molar-refractivity contribution in [3.8, 4) is 0 Å². The molecule has 0 amide bonds. The number of carbonyl (C=O) groups excluding carboxylic acids is 1. The van der Waals surface area contributed by atoms with Gasteiger partial charge in [-0.05, 0) is 25.5 Å². The fourth-order valence-electron chi connectivity index (χ4n) is 1.82. The third-order valence-electron chi connectivity index (χ3n) is 2.86. The van der Waals surface area contributed by atoms with Crippen molar-refractivity contribution in [2.24, 2.45) is 0 Å². The van der Waals surface area contributed by atoms with Crippen LogP contribution in [0.1, 0.15) is 11.1 Å². The van der Waals surface area contributed by atoms with E-state index in [0.717, 1.165) is 4.90 Å². The smallest absolute Gasteiger partial charge is 0.327 e. The molecule has 92 valence electrons. The summed E-state index contributed by atoms with van der Waals surface area (Å²) in [6, 6.07) is 6.23. The SMILES string of the molecule is COC(=O)C1(Sc2ccc(C)cc2C)COC1. The molecule has 0 spiro atoms. The van der Waals surface area contributed by atoms with Crippen LogP contribution in [-0.4, -0.2) is 31.0 Å². The largest absolute Gasteiger partial charge is 0.468 e. The first-order valence-electron chi connectivity index (χ1n) is 5.50. The van der Waals surface area contributed by atoms with Crippen LogP contribution in [-0.2, 0) is 14.3 Å². The van der Waals surface area contributed by atoms with Crippen LogP contribution in [0.25, 0.3) is 0 Å². The summed E-state index contributed by atoms with van der Waals surface area (Å²) in [4.78, 5) is 12.9. The molecular formula is C13H16O3S. The van der Waals surface area contributed by atoms with Crippen molar-refractivity contribution in [1.29, 1.82) is 0 Å². The van der Waals surface area contributed by atoms with Crippen molar-refractivity contribution < 1.29 is 14.3 Å². The summed E-state index contributed by atoms with van der Waals surface area (Å²) in [5, 5.41) is 0. The zero-order valence-electron chi connectivity index (χ0n) is 10.3. The Kier molecular flexibility index (Phi) is 3.45. The lowest BCUT2D eigenvalue weighted by atomic mass is 10.1. The molecule has 1 aromatic carbocycles. The molecule has 17 heavy (non-hydrogen) atoms. The fourth-order valence-corrected chi connectivity index (χ4v) is 3.04. The van der Waals surface area contributed by atoms with Gasteiger partial charge in [0.05, 0.1) is 20.3 Å². The predicted molar refractivity (Wildman–Crippen MR) is 67.3 cm³/mol. The monoisotopic (exact) mass is 252 g/mol. The van der Waals surface area contributed by atoms with Gasteiger partial charge in [0.1, 0.15) is 0 Å². The minimum Gasteiger partial charge on any atom is -0.468 e. The number of thioether (sulfide) groups is 1.